The number of thioether (sulfide) groups is 1. The molecule has 216 valence electrons. The topological polar surface area (TPSA) is 114 Å². The first kappa shape index (κ1) is 28.3. The average molecular weight is 611 g/mol. The van der Waals surface area contributed by atoms with Gasteiger partial charge in [-0.3, -0.25) is 28.4 Å². The highest BCUT2D eigenvalue weighted by molar-refractivity contribution is 8.27. The Kier molecular flexibility index (Phi) is 7.57. The minimum atomic E-state index is -0.865. The summed E-state index contributed by atoms with van der Waals surface area (Å²) in [6.45, 7) is 1.82. The molecule has 1 fully saturated rings. The van der Waals surface area contributed by atoms with Crippen molar-refractivity contribution in [1.29, 1.82) is 0 Å². The standard InChI is InChI=1S/C31H26N6O4S2/c1-19-26(30(41)37(34(19)2)21-13-7-4-8-14-21)36-29(40)24(43-31(36)42)17-22-27(32-18-23(38)20-11-5-3-6-12-20)33-25-15-9-10-16-35(25)28(22)39/h3-17,23,32,38H,18H2,1-2H3/b24-17+. The molecule has 3 aromatic heterocycles. The third kappa shape index (κ3) is 5.09. The third-order valence-corrected chi connectivity index (χ3v) is 8.53. The number of nitrogens with one attached hydrogen (secondary N) is 1. The largest absolute Gasteiger partial charge is 0.387 e. The molecular weight excluding hydrogens is 585 g/mol. The monoisotopic (exact) mass is 610 g/mol. The molecular formula is C31H26N6O4S2. The highest BCUT2D eigenvalue weighted by atomic mass is 32.2. The van der Waals surface area contributed by atoms with Crippen LogP contribution in [0.4, 0.5) is 11.5 Å². The second-order valence-corrected chi connectivity index (χ2v) is 11.5. The van der Waals surface area contributed by atoms with Crippen LogP contribution in [0, 0.1) is 6.92 Å². The average Bonchev–Trinajstić information content (AvgIpc) is 3.42. The van der Waals surface area contributed by atoms with Gasteiger partial charge in [0.05, 0.1) is 28.0 Å². The molecule has 43 heavy (non-hydrogen) atoms. The number of aromatic nitrogens is 4. The molecule has 4 heterocycles. The van der Waals surface area contributed by atoms with Gasteiger partial charge in [-0.25, -0.2) is 9.67 Å². The van der Waals surface area contributed by atoms with Crippen LogP contribution in [0.25, 0.3) is 17.4 Å². The number of aliphatic hydroxyl groups excluding tert-OH is 1. The van der Waals surface area contributed by atoms with Crippen LogP contribution >= 0.6 is 24.0 Å². The molecule has 1 saturated heterocycles. The van der Waals surface area contributed by atoms with Crippen molar-refractivity contribution in [2.45, 2.75) is 13.0 Å². The van der Waals surface area contributed by atoms with Gasteiger partial charge >= 0.3 is 0 Å². The lowest BCUT2D eigenvalue weighted by Gasteiger charge is -2.15. The van der Waals surface area contributed by atoms with Crippen molar-refractivity contribution >= 4 is 57.4 Å². The minimum Gasteiger partial charge on any atom is -0.387 e. The van der Waals surface area contributed by atoms with Crippen molar-refractivity contribution in [2.24, 2.45) is 7.05 Å². The van der Waals surface area contributed by atoms with E-state index in [1.165, 1.54) is 20.1 Å². The molecule has 0 aliphatic carbocycles. The van der Waals surface area contributed by atoms with Crippen molar-refractivity contribution < 1.29 is 9.90 Å². The highest BCUT2D eigenvalue weighted by Gasteiger charge is 2.38. The number of carbonyl (C=O) groups excluding carboxylic acids is 1. The zero-order valence-corrected chi connectivity index (χ0v) is 24.8. The lowest BCUT2D eigenvalue weighted by molar-refractivity contribution is -0.113. The Morgan fingerprint density at radius 3 is 2.37 bits per heavy atom. The number of para-hydroxylation sites is 1. The number of hydrogen-bond acceptors (Lipinski definition) is 8. The van der Waals surface area contributed by atoms with Crippen LogP contribution in [0.2, 0.25) is 0 Å². The SMILES string of the molecule is Cc1c(N2C(=O)/C(=C\c3c(NCC(O)c4ccccc4)nc4ccccn4c3=O)SC2=S)c(=O)n(-c2ccccc2)n1C. The lowest BCUT2D eigenvalue weighted by Crippen LogP contribution is -2.33. The van der Waals surface area contributed by atoms with Crippen molar-refractivity contribution in [2.75, 3.05) is 16.8 Å². The van der Waals surface area contributed by atoms with Crippen LogP contribution in [-0.4, -0.2) is 40.6 Å². The van der Waals surface area contributed by atoms with Crippen LogP contribution in [0.15, 0.2) is 99.6 Å². The van der Waals surface area contributed by atoms with Crippen molar-refractivity contribution in [3.8, 4) is 5.69 Å². The summed E-state index contributed by atoms with van der Waals surface area (Å²) in [7, 11) is 1.74. The van der Waals surface area contributed by atoms with Gasteiger partial charge in [-0.15, -0.1) is 0 Å². The van der Waals surface area contributed by atoms with E-state index in [9.17, 15) is 19.5 Å². The first-order valence-electron chi connectivity index (χ1n) is 13.4. The quantitative estimate of drug-likeness (QED) is 0.210. The Bertz CT molecular complexity index is 2030. The fourth-order valence-electron chi connectivity index (χ4n) is 4.96. The molecule has 2 N–H and O–H groups in total. The summed E-state index contributed by atoms with van der Waals surface area (Å²) in [4.78, 5) is 47.1. The van der Waals surface area contributed by atoms with E-state index in [2.05, 4.69) is 10.3 Å². The predicted molar refractivity (Wildman–Crippen MR) is 173 cm³/mol. The predicted octanol–water partition coefficient (Wildman–Crippen LogP) is 4.04. The molecule has 12 heteroatoms. The van der Waals surface area contributed by atoms with Crippen LogP contribution in [0.3, 0.4) is 0 Å². The number of pyridine rings is 1. The summed E-state index contributed by atoms with van der Waals surface area (Å²) >= 11 is 6.59. The van der Waals surface area contributed by atoms with Crippen molar-refractivity contribution in [1.82, 2.24) is 18.7 Å². The Morgan fingerprint density at radius 1 is 0.977 bits per heavy atom. The van der Waals surface area contributed by atoms with E-state index in [4.69, 9.17) is 12.2 Å². The number of carbonyl (C=O) groups is 1. The van der Waals surface area contributed by atoms with Crippen molar-refractivity contribution in [3.05, 3.63) is 127 Å². The Labute approximate surface area is 255 Å². The molecule has 6 rings (SSSR count). The van der Waals surface area contributed by atoms with E-state index < -0.39 is 23.1 Å². The summed E-state index contributed by atoms with van der Waals surface area (Å²) in [6, 6.07) is 23.4. The third-order valence-electron chi connectivity index (χ3n) is 7.23. The van der Waals surface area contributed by atoms with E-state index in [1.807, 2.05) is 36.4 Å². The van der Waals surface area contributed by atoms with E-state index in [1.54, 1.807) is 67.3 Å². The highest BCUT2D eigenvalue weighted by Crippen LogP contribution is 2.36. The summed E-state index contributed by atoms with van der Waals surface area (Å²) in [5, 5.41) is 13.8. The molecule has 0 radical (unpaired) electrons. The maximum Gasteiger partial charge on any atom is 0.296 e. The number of thiocarbonyl (C=S) groups is 1. The summed E-state index contributed by atoms with van der Waals surface area (Å²) < 4.78 is 4.71. The zero-order chi connectivity index (χ0) is 30.2. The lowest BCUT2D eigenvalue weighted by atomic mass is 10.1. The van der Waals surface area contributed by atoms with Crippen LogP contribution < -0.4 is 21.3 Å². The number of fused-ring (bicyclic) bond motifs is 1. The van der Waals surface area contributed by atoms with Crippen LogP contribution in [0.1, 0.15) is 22.9 Å². The number of amides is 1. The maximum absolute atomic E-state index is 13.8. The first-order valence-corrected chi connectivity index (χ1v) is 14.6. The second kappa shape index (κ2) is 11.5. The molecule has 0 spiro atoms. The van der Waals surface area contributed by atoms with E-state index >= 15 is 0 Å². The molecule has 10 nitrogen and oxygen atoms in total. The zero-order valence-electron chi connectivity index (χ0n) is 23.2. The fourth-order valence-corrected chi connectivity index (χ4v) is 6.21. The molecule has 1 aliphatic rings. The van der Waals surface area contributed by atoms with Gasteiger partial charge in [0.1, 0.15) is 17.2 Å². The van der Waals surface area contributed by atoms with Crippen molar-refractivity contribution in [3.63, 3.8) is 0 Å². The van der Waals surface area contributed by atoms with Crippen LogP contribution in [0.5, 0.6) is 0 Å². The molecule has 0 saturated carbocycles. The van der Waals surface area contributed by atoms with E-state index in [-0.39, 0.29) is 32.8 Å². The number of nitrogens with zero attached hydrogens (tertiary/aromatic N) is 5. The van der Waals surface area contributed by atoms with Gasteiger partial charge in [-0.2, -0.15) is 0 Å². The van der Waals surface area contributed by atoms with E-state index in [0.717, 1.165) is 11.8 Å². The normalized spacial score (nSPS) is 15.0. The van der Waals surface area contributed by atoms with Gasteiger partial charge in [-0.05, 0) is 42.8 Å². The van der Waals surface area contributed by atoms with Gasteiger partial charge < -0.3 is 10.4 Å². The van der Waals surface area contributed by atoms with Crippen LogP contribution in [-0.2, 0) is 11.8 Å². The Morgan fingerprint density at radius 2 is 1.65 bits per heavy atom. The number of rotatable bonds is 7. The number of aliphatic hydroxyl groups is 1. The Balaban J connectivity index is 1.40. The van der Waals surface area contributed by atoms with Gasteiger partial charge in [0.25, 0.3) is 17.0 Å². The molecule has 5 aromatic rings. The van der Waals surface area contributed by atoms with Gasteiger partial charge in [-0.1, -0.05) is 78.6 Å². The van der Waals surface area contributed by atoms with Gasteiger partial charge in [0, 0.05) is 19.8 Å². The molecule has 1 aliphatic heterocycles. The first-order chi connectivity index (χ1) is 20.8. The van der Waals surface area contributed by atoms with Gasteiger partial charge in [0.15, 0.2) is 4.32 Å². The molecule has 1 atom stereocenters. The summed E-state index contributed by atoms with van der Waals surface area (Å²) in [5.74, 6) is -0.312. The van der Waals surface area contributed by atoms with Gasteiger partial charge in [0.2, 0.25) is 0 Å². The number of anilines is 2. The van der Waals surface area contributed by atoms with E-state index in [0.29, 0.717) is 22.6 Å². The molecule has 0 bridgehead atoms. The summed E-state index contributed by atoms with van der Waals surface area (Å²) in [6.07, 6.45) is 2.17. The number of benzene rings is 2. The fraction of sp³-hybridized carbons (Fsp3) is 0.129. The Hall–Kier alpha value is -4.78. The second-order valence-electron chi connectivity index (χ2n) is 9.84. The molecule has 2 aromatic carbocycles. The molecule has 1 amide bonds. The molecule has 1 unspecified atom stereocenters. The minimum absolute atomic E-state index is 0.0729. The summed E-state index contributed by atoms with van der Waals surface area (Å²) in [5.41, 5.74) is 1.77. The maximum atomic E-state index is 13.8. The smallest absolute Gasteiger partial charge is 0.296 e. The number of hydrogen-bond donors (Lipinski definition) is 2.